The fourth-order valence-electron chi connectivity index (χ4n) is 6.04. The third kappa shape index (κ3) is 5.22. The van der Waals surface area contributed by atoms with E-state index in [0.717, 1.165) is 53.0 Å². The fourth-order valence-corrected chi connectivity index (χ4v) is 6.04. The zero-order chi connectivity index (χ0) is 23.4. The molecule has 1 N–H and O–H groups in total. The lowest BCUT2D eigenvalue weighted by molar-refractivity contribution is -0.910. The Kier molecular flexibility index (Phi) is 7.05. The number of amides is 1. The van der Waals surface area contributed by atoms with E-state index in [0.29, 0.717) is 0 Å². The summed E-state index contributed by atoms with van der Waals surface area (Å²) in [5, 5.41) is 3.42. The van der Waals surface area contributed by atoms with E-state index in [2.05, 4.69) is 18.4 Å². The summed E-state index contributed by atoms with van der Waals surface area (Å²) in [5.41, 5.74) is 3.59. The molecule has 5 rings (SSSR count). The van der Waals surface area contributed by atoms with Crippen LogP contribution < -0.4 is 10.1 Å². The molecule has 0 atom stereocenters. The van der Waals surface area contributed by atoms with Crippen LogP contribution in [-0.2, 0) is 4.79 Å². The molecule has 1 saturated heterocycles. The molecule has 2 aromatic carbocycles. The highest BCUT2D eigenvalue weighted by molar-refractivity contribution is 5.89. The molecule has 4 heteroatoms. The molecule has 2 aromatic rings. The summed E-state index contributed by atoms with van der Waals surface area (Å²) in [6.07, 6.45) is 14.0. The summed E-state index contributed by atoms with van der Waals surface area (Å²) >= 11 is 0. The van der Waals surface area contributed by atoms with E-state index in [9.17, 15) is 4.79 Å². The van der Waals surface area contributed by atoms with Crippen LogP contribution in [0.3, 0.4) is 0 Å². The number of para-hydroxylation sites is 2. The van der Waals surface area contributed by atoms with Gasteiger partial charge in [-0.15, -0.1) is 0 Å². The number of hydrogen-bond acceptors (Lipinski definition) is 2. The standard InChI is InChI=1S/C30H38N2O2/c1-32(22-23-12-6-4-2-3-5-7-13-23)20-18-24(19-21-32)31-30(33)29-25-14-8-10-16-27(25)34-28-17-11-9-15-26(28)29/h8-12,14-17,24,29H,2-7,13,18-22H2,1H3/p+1/b23-12+. The number of nitrogens with zero attached hydrogens (tertiary/aromatic N) is 1. The average Bonchev–Trinajstić information content (AvgIpc) is 2.98. The van der Waals surface area contributed by atoms with Gasteiger partial charge in [-0.2, -0.15) is 0 Å². The summed E-state index contributed by atoms with van der Waals surface area (Å²) < 4.78 is 7.20. The minimum absolute atomic E-state index is 0.100. The summed E-state index contributed by atoms with van der Waals surface area (Å²) in [5.74, 6) is 1.37. The van der Waals surface area contributed by atoms with Crippen molar-refractivity contribution in [1.82, 2.24) is 5.32 Å². The van der Waals surface area contributed by atoms with Crippen molar-refractivity contribution in [2.75, 3.05) is 26.7 Å². The molecule has 3 aliphatic rings. The van der Waals surface area contributed by atoms with Crippen LogP contribution in [0.4, 0.5) is 0 Å². The third-order valence-electron chi connectivity index (χ3n) is 8.04. The lowest BCUT2D eigenvalue weighted by Crippen LogP contribution is -2.55. The molecule has 0 spiro atoms. The van der Waals surface area contributed by atoms with Crippen molar-refractivity contribution in [3.05, 3.63) is 71.3 Å². The SMILES string of the molecule is C[N+]1(C/C2=C/CCCCCCC2)CCC(NC(=O)C2c3ccccc3Oc3ccccc32)CC1. The average molecular weight is 460 g/mol. The maximum Gasteiger partial charge on any atom is 0.232 e. The number of nitrogens with one attached hydrogen (secondary N) is 1. The van der Waals surface area contributed by atoms with E-state index in [1.165, 1.54) is 51.5 Å². The molecule has 1 fully saturated rings. The molecule has 2 aliphatic heterocycles. The summed E-state index contributed by atoms with van der Waals surface area (Å²) in [7, 11) is 2.41. The van der Waals surface area contributed by atoms with Crippen molar-refractivity contribution in [2.45, 2.75) is 69.7 Å². The van der Waals surface area contributed by atoms with E-state index in [4.69, 9.17) is 4.74 Å². The summed E-state index contributed by atoms with van der Waals surface area (Å²) in [6, 6.07) is 16.1. The number of carbonyl (C=O) groups excluding carboxylic acids is 1. The Morgan fingerprint density at radius 2 is 1.53 bits per heavy atom. The first-order chi connectivity index (χ1) is 16.6. The first-order valence-electron chi connectivity index (χ1n) is 13.3. The van der Waals surface area contributed by atoms with Gasteiger partial charge >= 0.3 is 0 Å². The minimum atomic E-state index is -0.312. The Labute approximate surface area is 204 Å². The molecule has 0 saturated carbocycles. The molecule has 0 aromatic heterocycles. The van der Waals surface area contributed by atoms with Gasteiger partial charge in [0.1, 0.15) is 18.0 Å². The number of quaternary nitrogens is 1. The first-order valence-corrected chi connectivity index (χ1v) is 13.3. The van der Waals surface area contributed by atoms with Crippen molar-refractivity contribution < 1.29 is 14.0 Å². The Morgan fingerprint density at radius 3 is 2.24 bits per heavy atom. The summed E-state index contributed by atoms with van der Waals surface area (Å²) in [4.78, 5) is 13.6. The fraction of sp³-hybridized carbons (Fsp3) is 0.500. The molecular weight excluding hydrogens is 420 g/mol. The number of benzene rings is 2. The lowest BCUT2D eigenvalue weighted by atomic mass is 9.86. The van der Waals surface area contributed by atoms with E-state index < -0.39 is 0 Å². The number of likely N-dealkylation sites (tertiary alicyclic amines) is 1. The van der Waals surface area contributed by atoms with E-state index in [1.807, 2.05) is 48.5 Å². The van der Waals surface area contributed by atoms with Gasteiger partial charge in [-0.05, 0) is 43.4 Å². The van der Waals surface area contributed by atoms with Crippen LogP contribution >= 0.6 is 0 Å². The quantitative estimate of drug-likeness (QED) is 0.429. The van der Waals surface area contributed by atoms with Crippen molar-refractivity contribution in [1.29, 1.82) is 0 Å². The number of likely N-dealkylation sites (N-methyl/N-ethyl adjacent to an activating group) is 1. The molecule has 0 radical (unpaired) electrons. The second kappa shape index (κ2) is 10.4. The largest absolute Gasteiger partial charge is 0.457 e. The van der Waals surface area contributed by atoms with Crippen LogP contribution in [0.5, 0.6) is 11.5 Å². The highest BCUT2D eigenvalue weighted by Gasteiger charge is 2.36. The van der Waals surface area contributed by atoms with Gasteiger partial charge < -0.3 is 14.5 Å². The van der Waals surface area contributed by atoms with Crippen LogP contribution in [0.1, 0.15) is 74.8 Å². The number of carbonyl (C=O) groups is 1. The van der Waals surface area contributed by atoms with Crippen LogP contribution in [0.2, 0.25) is 0 Å². The zero-order valence-corrected chi connectivity index (χ0v) is 20.6. The normalized spacial score (nSPS) is 27.0. The Morgan fingerprint density at radius 1 is 0.912 bits per heavy atom. The lowest BCUT2D eigenvalue weighted by Gasteiger charge is -2.41. The third-order valence-corrected chi connectivity index (χ3v) is 8.04. The van der Waals surface area contributed by atoms with Crippen molar-refractivity contribution in [3.8, 4) is 11.5 Å². The Bertz CT molecular complexity index is 990. The van der Waals surface area contributed by atoms with Gasteiger partial charge in [-0.3, -0.25) is 4.79 Å². The van der Waals surface area contributed by atoms with Gasteiger partial charge in [0.2, 0.25) is 5.91 Å². The van der Waals surface area contributed by atoms with Crippen molar-refractivity contribution in [3.63, 3.8) is 0 Å². The number of hydrogen-bond donors (Lipinski definition) is 1. The van der Waals surface area contributed by atoms with E-state index in [-0.39, 0.29) is 17.9 Å². The molecule has 1 aliphatic carbocycles. The van der Waals surface area contributed by atoms with Gasteiger partial charge in [0.15, 0.2) is 0 Å². The van der Waals surface area contributed by atoms with E-state index in [1.54, 1.807) is 5.57 Å². The number of allylic oxidation sites excluding steroid dienone is 1. The molecule has 0 unspecified atom stereocenters. The summed E-state index contributed by atoms with van der Waals surface area (Å²) in [6.45, 7) is 3.44. The predicted molar refractivity (Wildman–Crippen MR) is 137 cm³/mol. The zero-order valence-electron chi connectivity index (χ0n) is 20.6. The first kappa shape index (κ1) is 23.2. The predicted octanol–water partition coefficient (Wildman–Crippen LogP) is 6.32. The molecule has 0 bridgehead atoms. The number of rotatable bonds is 4. The topological polar surface area (TPSA) is 38.3 Å². The highest BCUT2D eigenvalue weighted by Crippen LogP contribution is 2.44. The van der Waals surface area contributed by atoms with Crippen LogP contribution in [0, 0.1) is 0 Å². The number of piperidine rings is 1. The maximum absolute atomic E-state index is 13.6. The second-order valence-electron chi connectivity index (χ2n) is 10.8. The molecule has 2 heterocycles. The van der Waals surface area contributed by atoms with Crippen LogP contribution in [0.25, 0.3) is 0 Å². The van der Waals surface area contributed by atoms with Gasteiger partial charge in [0.05, 0.1) is 26.1 Å². The minimum Gasteiger partial charge on any atom is -0.457 e. The molecular formula is C30H39N2O2+. The van der Waals surface area contributed by atoms with Crippen molar-refractivity contribution >= 4 is 5.91 Å². The van der Waals surface area contributed by atoms with Gasteiger partial charge in [-0.25, -0.2) is 0 Å². The second-order valence-corrected chi connectivity index (χ2v) is 10.8. The number of fused-ring (bicyclic) bond motifs is 2. The van der Waals surface area contributed by atoms with Crippen molar-refractivity contribution in [2.24, 2.45) is 0 Å². The molecule has 180 valence electrons. The maximum atomic E-state index is 13.6. The highest BCUT2D eigenvalue weighted by atomic mass is 16.5. The van der Waals surface area contributed by atoms with Gasteiger partial charge in [0, 0.05) is 30.0 Å². The van der Waals surface area contributed by atoms with Gasteiger partial charge in [0.25, 0.3) is 0 Å². The molecule has 1 amide bonds. The van der Waals surface area contributed by atoms with Crippen LogP contribution in [0.15, 0.2) is 60.2 Å². The monoisotopic (exact) mass is 459 g/mol. The van der Waals surface area contributed by atoms with E-state index >= 15 is 0 Å². The molecule has 4 nitrogen and oxygen atoms in total. The Balaban J connectivity index is 1.23. The molecule has 34 heavy (non-hydrogen) atoms. The van der Waals surface area contributed by atoms with Crippen LogP contribution in [-0.4, -0.2) is 43.1 Å². The number of ether oxygens (including phenoxy) is 1. The Hall–Kier alpha value is -2.59. The van der Waals surface area contributed by atoms with Gasteiger partial charge in [-0.1, -0.05) is 61.7 Å². The smallest absolute Gasteiger partial charge is 0.232 e.